The van der Waals surface area contributed by atoms with Crippen LogP contribution in [0.4, 0.5) is 0 Å². The molecular weight excluding hydrogens is 180 g/mol. The Hall–Kier alpha value is -0.900. The highest BCUT2D eigenvalue weighted by molar-refractivity contribution is 6.03. The predicted molar refractivity (Wildman–Crippen MR) is 53.4 cm³/mol. The van der Waals surface area contributed by atoms with Crippen molar-refractivity contribution in [1.82, 2.24) is 4.90 Å². The van der Waals surface area contributed by atoms with E-state index < -0.39 is 0 Å². The summed E-state index contributed by atoms with van der Waals surface area (Å²) in [6.07, 6.45) is 2.18. The number of rotatable bonds is 4. The molecule has 4 nitrogen and oxygen atoms in total. The van der Waals surface area contributed by atoms with Crippen LogP contribution in [0.2, 0.25) is 0 Å². The van der Waals surface area contributed by atoms with Gasteiger partial charge in [0, 0.05) is 24.9 Å². The minimum absolute atomic E-state index is 0.0680. The van der Waals surface area contributed by atoms with Crippen LogP contribution in [-0.2, 0) is 9.59 Å². The quantitative estimate of drug-likeness (QED) is 0.669. The zero-order valence-corrected chi connectivity index (χ0v) is 8.82. The van der Waals surface area contributed by atoms with E-state index in [1.165, 1.54) is 4.90 Å². The molecule has 0 bridgehead atoms. The van der Waals surface area contributed by atoms with Crippen LogP contribution < -0.4 is 5.73 Å². The Balaban J connectivity index is 2.51. The Morgan fingerprint density at radius 2 is 2.21 bits per heavy atom. The van der Waals surface area contributed by atoms with E-state index in [-0.39, 0.29) is 23.8 Å². The van der Waals surface area contributed by atoms with Crippen molar-refractivity contribution in [2.75, 3.05) is 6.54 Å². The Labute approximate surface area is 84.4 Å². The van der Waals surface area contributed by atoms with Gasteiger partial charge >= 0.3 is 0 Å². The van der Waals surface area contributed by atoms with Crippen LogP contribution >= 0.6 is 0 Å². The molecule has 2 amide bonds. The monoisotopic (exact) mass is 198 g/mol. The topological polar surface area (TPSA) is 63.4 Å². The maximum atomic E-state index is 11.5. The molecule has 0 aromatic heterocycles. The maximum Gasteiger partial charge on any atom is 0.232 e. The van der Waals surface area contributed by atoms with Gasteiger partial charge in [0.2, 0.25) is 11.8 Å². The van der Waals surface area contributed by atoms with E-state index in [9.17, 15) is 9.59 Å². The summed E-state index contributed by atoms with van der Waals surface area (Å²) in [6.45, 7) is 4.21. The van der Waals surface area contributed by atoms with Crippen molar-refractivity contribution in [3.8, 4) is 0 Å². The number of nitrogens with two attached hydrogens (primary N) is 1. The van der Waals surface area contributed by atoms with Gasteiger partial charge in [0.25, 0.3) is 0 Å². The smallest absolute Gasteiger partial charge is 0.232 e. The summed E-state index contributed by atoms with van der Waals surface area (Å²) in [5.41, 5.74) is 5.79. The fraction of sp³-hybridized carbons (Fsp3) is 0.800. The maximum absolute atomic E-state index is 11.5. The van der Waals surface area contributed by atoms with Gasteiger partial charge in [0.15, 0.2) is 0 Å². The van der Waals surface area contributed by atoms with Gasteiger partial charge in [-0.1, -0.05) is 20.3 Å². The summed E-state index contributed by atoms with van der Waals surface area (Å²) < 4.78 is 0. The molecule has 0 saturated carbocycles. The molecule has 14 heavy (non-hydrogen) atoms. The molecule has 2 atom stereocenters. The predicted octanol–water partition coefficient (Wildman–Crippen LogP) is 0.509. The van der Waals surface area contributed by atoms with Crippen LogP contribution in [0.1, 0.15) is 33.1 Å². The average molecular weight is 198 g/mol. The van der Waals surface area contributed by atoms with E-state index >= 15 is 0 Å². The van der Waals surface area contributed by atoms with Crippen LogP contribution in [0.15, 0.2) is 0 Å². The Kier molecular flexibility index (Phi) is 3.63. The molecule has 0 aromatic carbocycles. The van der Waals surface area contributed by atoms with Gasteiger partial charge < -0.3 is 5.73 Å². The first-order valence-electron chi connectivity index (χ1n) is 5.16. The number of carbonyl (C=O) groups excluding carboxylic acids is 2. The molecular formula is C10H18N2O2. The van der Waals surface area contributed by atoms with E-state index in [2.05, 4.69) is 0 Å². The second kappa shape index (κ2) is 4.55. The molecule has 1 heterocycles. The second-order valence-electron chi connectivity index (χ2n) is 4.00. The van der Waals surface area contributed by atoms with Gasteiger partial charge in [-0.15, -0.1) is 0 Å². The lowest BCUT2D eigenvalue weighted by molar-refractivity contribution is -0.139. The third kappa shape index (κ3) is 2.32. The fourth-order valence-corrected chi connectivity index (χ4v) is 1.74. The summed E-state index contributed by atoms with van der Waals surface area (Å²) in [5.74, 6) is -0.299. The number of hydrogen-bond donors (Lipinski definition) is 1. The van der Waals surface area contributed by atoms with E-state index in [1.807, 2.05) is 6.92 Å². The molecule has 0 radical (unpaired) electrons. The fourth-order valence-electron chi connectivity index (χ4n) is 1.74. The number of carbonyl (C=O) groups is 2. The summed E-state index contributed by atoms with van der Waals surface area (Å²) >= 11 is 0. The molecule has 1 saturated heterocycles. The van der Waals surface area contributed by atoms with Crippen molar-refractivity contribution in [2.24, 2.45) is 11.7 Å². The number of amides is 2. The standard InChI is InChI=1S/C10H18N2O2/c1-3-4-8(11)6-12-9(13)5-7(2)10(12)14/h7-8H,3-6,11H2,1-2H3. The second-order valence-corrected chi connectivity index (χ2v) is 4.00. The molecule has 80 valence electrons. The van der Waals surface area contributed by atoms with Crippen molar-refractivity contribution in [2.45, 2.75) is 39.2 Å². The number of imide groups is 1. The van der Waals surface area contributed by atoms with E-state index in [0.29, 0.717) is 13.0 Å². The van der Waals surface area contributed by atoms with Crippen molar-refractivity contribution in [3.05, 3.63) is 0 Å². The third-order valence-corrected chi connectivity index (χ3v) is 2.55. The van der Waals surface area contributed by atoms with Gasteiger partial charge in [-0.25, -0.2) is 0 Å². The molecule has 0 aromatic rings. The first-order chi connectivity index (χ1) is 6.56. The van der Waals surface area contributed by atoms with E-state index in [1.54, 1.807) is 6.92 Å². The molecule has 2 N–H and O–H groups in total. The van der Waals surface area contributed by atoms with Crippen LogP contribution in [0.3, 0.4) is 0 Å². The molecule has 4 heteroatoms. The number of likely N-dealkylation sites (tertiary alicyclic amines) is 1. The largest absolute Gasteiger partial charge is 0.326 e. The molecule has 1 fully saturated rings. The molecule has 1 rings (SSSR count). The van der Waals surface area contributed by atoms with Gasteiger partial charge in [-0.3, -0.25) is 14.5 Å². The minimum atomic E-state index is -0.156. The normalized spacial score (nSPS) is 24.5. The SMILES string of the molecule is CCCC(N)CN1C(=O)CC(C)C1=O. The molecule has 2 unspecified atom stereocenters. The van der Waals surface area contributed by atoms with Gasteiger partial charge in [0.05, 0.1) is 0 Å². The third-order valence-electron chi connectivity index (χ3n) is 2.55. The summed E-state index contributed by atoms with van der Waals surface area (Å²) in [7, 11) is 0. The van der Waals surface area contributed by atoms with Gasteiger partial charge in [0.1, 0.15) is 0 Å². The van der Waals surface area contributed by atoms with Gasteiger partial charge in [-0.2, -0.15) is 0 Å². The Morgan fingerprint density at radius 3 is 2.64 bits per heavy atom. The van der Waals surface area contributed by atoms with Crippen molar-refractivity contribution in [1.29, 1.82) is 0 Å². The molecule has 1 aliphatic rings. The summed E-state index contributed by atoms with van der Waals surface area (Å²) in [5, 5.41) is 0. The van der Waals surface area contributed by atoms with Gasteiger partial charge in [-0.05, 0) is 6.42 Å². The van der Waals surface area contributed by atoms with Crippen molar-refractivity contribution in [3.63, 3.8) is 0 Å². The van der Waals surface area contributed by atoms with E-state index in [4.69, 9.17) is 5.73 Å². The van der Waals surface area contributed by atoms with E-state index in [0.717, 1.165) is 12.8 Å². The minimum Gasteiger partial charge on any atom is -0.326 e. The Bertz CT molecular complexity index is 240. The number of hydrogen-bond acceptors (Lipinski definition) is 3. The zero-order chi connectivity index (χ0) is 10.7. The Morgan fingerprint density at radius 1 is 1.57 bits per heavy atom. The summed E-state index contributed by atoms with van der Waals surface area (Å²) in [4.78, 5) is 24.2. The first kappa shape index (κ1) is 11.2. The van der Waals surface area contributed by atoms with Crippen LogP contribution in [-0.4, -0.2) is 29.3 Å². The van der Waals surface area contributed by atoms with Crippen LogP contribution in [0.5, 0.6) is 0 Å². The highest BCUT2D eigenvalue weighted by Gasteiger charge is 2.35. The van der Waals surface area contributed by atoms with Crippen molar-refractivity contribution < 1.29 is 9.59 Å². The molecule has 0 aliphatic carbocycles. The van der Waals surface area contributed by atoms with Crippen LogP contribution in [0.25, 0.3) is 0 Å². The number of nitrogens with zero attached hydrogens (tertiary/aromatic N) is 1. The lowest BCUT2D eigenvalue weighted by Gasteiger charge is -2.18. The highest BCUT2D eigenvalue weighted by Crippen LogP contribution is 2.18. The molecule has 1 aliphatic heterocycles. The van der Waals surface area contributed by atoms with Crippen molar-refractivity contribution >= 4 is 11.8 Å². The first-order valence-corrected chi connectivity index (χ1v) is 5.16. The zero-order valence-electron chi connectivity index (χ0n) is 8.82. The molecule has 0 spiro atoms. The average Bonchev–Trinajstić information content (AvgIpc) is 2.33. The van der Waals surface area contributed by atoms with Crippen LogP contribution in [0, 0.1) is 5.92 Å². The lowest BCUT2D eigenvalue weighted by Crippen LogP contribution is -2.40. The lowest BCUT2D eigenvalue weighted by atomic mass is 10.1. The summed E-state index contributed by atoms with van der Waals surface area (Å²) in [6, 6.07) is -0.0711. The highest BCUT2D eigenvalue weighted by atomic mass is 16.2.